The van der Waals surface area contributed by atoms with Gasteiger partial charge in [-0.3, -0.25) is 4.79 Å². The summed E-state index contributed by atoms with van der Waals surface area (Å²) in [7, 11) is 0. The molecule has 0 amide bonds. The van der Waals surface area contributed by atoms with E-state index in [0.29, 0.717) is 19.3 Å². The van der Waals surface area contributed by atoms with Gasteiger partial charge in [-0.1, -0.05) is 6.08 Å². The largest absolute Gasteiger partial charge is 0.300 e. The van der Waals surface area contributed by atoms with Crippen molar-refractivity contribution < 1.29 is 9.59 Å². The van der Waals surface area contributed by atoms with Crippen LogP contribution in [0.25, 0.3) is 0 Å². The lowest BCUT2D eigenvalue weighted by molar-refractivity contribution is -0.117. The number of hydrogen-bond donors (Lipinski definition) is 0. The van der Waals surface area contributed by atoms with E-state index in [9.17, 15) is 9.59 Å². The number of hydrogen-bond acceptors (Lipinski definition) is 2. The van der Waals surface area contributed by atoms with E-state index in [4.69, 9.17) is 0 Å². The molecule has 0 saturated carbocycles. The summed E-state index contributed by atoms with van der Waals surface area (Å²) in [5.74, 6) is 0.400. The Kier molecular flexibility index (Phi) is 3.20. The van der Waals surface area contributed by atoms with Crippen LogP contribution >= 0.6 is 0 Å². The molecule has 0 unspecified atom stereocenters. The quantitative estimate of drug-likeness (QED) is 0.643. The summed E-state index contributed by atoms with van der Waals surface area (Å²) in [5.41, 5.74) is 0.872. The highest BCUT2D eigenvalue weighted by atomic mass is 16.1. The topological polar surface area (TPSA) is 34.1 Å². The van der Waals surface area contributed by atoms with E-state index in [-0.39, 0.29) is 11.6 Å². The second-order valence-electron chi connectivity index (χ2n) is 3.25. The lowest BCUT2D eigenvalue weighted by Gasteiger charge is -2.09. The highest BCUT2D eigenvalue weighted by Crippen LogP contribution is 2.17. The van der Waals surface area contributed by atoms with Crippen LogP contribution in [0.4, 0.5) is 0 Å². The van der Waals surface area contributed by atoms with Gasteiger partial charge in [-0.25, -0.2) is 0 Å². The Morgan fingerprint density at radius 1 is 1.58 bits per heavy atom. The zero-order chi connectivity index (χ0) is 8.97. The van der Waals surface area contributed by atoms with Crippen molar-refractivity contribution in [2.24, 2.45) is 0 Å². The molecule has 2 nitrogen and oxygen atoms in total. The van der Waals surface area contributed by atoms with Crippen LogP contribution in [-0.2, 0) is 9.59 Å². The first kappa shape index (κ1) is 9.17. The molecule has 0 saturated heterocycles. The molecule has 0 atom stereocenters. The first-order chi connectivity index (χ1) is 5.70. The van der Waals surface area contributed by atoms with Gasteiger partial charge in [-0.2, -0.15) is 0 Å². The smallest absolute Gasteiger partial charge is 0.158 e. The summed E-state index contributed by atoms with van der Waals surface area (Å²) in [5, 5.41) is 0. The van der Waals surface area contributed by atoms with Crippen LogP contribution in [0.15, 0.2) is 11.6 Å². The minimum Gasteiger partial charge on any atom is -0.300 e. The highest BCUT2D eigenvalue weighted by Gasteiger charge is 2.13. The van der Waals surface area contributed by atoms with Gasteiger partial charge in [0.05, 0.1) is 0 Å². The molecule has 2 heteroatoms. The summed E-state index contributed by atoms with van der Waals surface area (Å²) in [6.07, 6.45) is 5.78. The van der Waals surface area contributed by atoms with Crippen molar-refractivity contribution in [2.45, 2.75) is 39.0 Å². The molecule has 1 rings (SSSR count). The van der Waals surface area contributed by atoms with Gasteiger partial charge in [0, 0.05) is 12.8 Å². The van der Waals surface area contributed by atoms with Crippen molar-refractivity contribution in [1.82, 2.24) is 0 Å². The van der Waals surface area contributed by atoms with E-state index in [2.05, 4.69) is 0 Å². The molecule has 0 fully saturated rings. The van der Waals surface area contributed by atoms with Crippen molar-refractivity contribution in [2.75, 3.05) is 0 Å². The van der Waals surface area contributed by atoms with Crippen LogP contribution < -0.4 is 0 Å². The summed E-state index contributed by atoms with van der Waals surface area (Å²) in [6, 6.07) is 0. The zero-order valence-corrected chi connectivity index (χ0v) is 7.43. The lowest BCUT2D eigenvalue weighted by atomic mass is 9.94. The van der Waals surface area contributed by atoms with Crippen LogP contribution in [0.2, 0.25) is 0 Å². The average Bonchev–Trinajstić information content (AvgIpc) is 2.03. The monoisotopic (exact) mass is 166 g/mol. The Morgan fingerprint density at radius 3 is 2.92 bits per heavy atom. The fourth-order valence-corrected chi connectivity index (χ4v) is 1.37. The first-order valence-corrected chi connectivity index (χ1v) is 4.42. The normalized spacial score (nSPS) is 17.4. The molecular formula is C10H14O2. The number of rotatable bonds is 3. The van der Waals surface area contributed by atoms with Gasteiger partial charge in [-0.15, -0.1) is 0 Å². The van der Waals surface area contributed by atoms with E-state index < -0.39 is 0 Å². The van der Waals surface area contributed by atoms with Gasteiger partial charge in [-0.05, 0) is 31.8 Å². The maximum atomic E-state index is 11.2. The molecule has 0 N–H and O–H groups in total. The Morgan fingerprint density at radius 2 is 2.33 bits per heavy atom. The van der Waals surface area contributed by atoms with Gasteiger partial charge in [0.15, 0.2) is 5.78 Å². The summed E-state index contributed by atoms with van der Waals surface area (Å²) >= 11 is 0. The third-order valence-electron chi connectivity index (χ3n) is 2.10. The molecule has 66 valence electrons. The maximum absolute atomic E-state index is 11.2. The average molecular weight is 166 g/mol. The van der Waals surface area contributed by atoms with Crippen LogP contribution in [0.1, 0.15) is 39.0 Å². The molecule has 1 aliphatic carbocycles. The molecule has 0 aromatic carbocycles. The standard InChI is InChI=1S/C10H14O2/c1-8(11)6-7-9-4-2-3-5-10(9)12/h4H,2-3,5-7H2,1H3. The van der Waals surface area contributed by atoms with Crippen molar-refractivity contribution in [1.29, 1.82) is 0 Å². The third-order valence-corrected chi connectivity index (χ3v) is 2.10. The molecule has 12 heavy (non-hydrogen) atoms. The van der Waals surface area contributed by atoms with Gasteiger partial charge in [0.1, 0.15) is 5.78 Å². The lowest BCUT2D eigenvalue weighted by Crippen LogP contribution is -2.08. The Bertz CT molecular complexity index is 226. The van der Waals surface area contributed by atoms with Crippen molar-refractivity contribution >= 4 is 11.6 Å². The Balaban J connectivity index is 2.44. The third kappa shape index (κ3) is 2.61. The molecule has 0 bridgehead atoms. The van der Waals surface area contributed by atoms with E-state index in [1.165, 1.54) is 0 Å². The van der Waals surface area contributed by atoms with Gasteiger partial charge in [0.2, 0.25) is 0 Å². The van der Waals surface area contributed by atoms with Crippen LogP contribution in [0.5, 0.6) is 0 Å². The van der Waals surface area contributed by atoms with Gasteiger partial charge >= 0.3 is 0 Å². The second-order valence-corrected chi connectivity index (χ2v) is 3.25. The summed E-state index contributed by atoms with van der Waals surface area (Å²) in [4.78, 5) is 21.9. The Hall–Kier alpha value is -0.920. The van der Waals surface area contributed by atoms with E-state index in [1.807, 2.05) is 6.08 Å². The molecule has 0 heterocycles. The predicted octanol–water partition coefficient (Wildman–Crippen LogP) is 2.04. The van der Waals surface area contributed by atoms with E-state index >= 15 is 0 Å². The molecule has 0 aromatic heterocycles. The van der Waals surface area contributed by atoms with Crippen LogP contribution in [-0.4, -0.2) is 11.6 Å². The fourth-order valence-electron chi connectivity index (χ4n) is 1.37. The number of allylic oxidation sites excluding steroid dienone is 2. The fraction of sp³-hybridized carbons (Fsp3) is 0.600. The SMILES string of the molecule is CC(=O)CCC1=CCCCC1=O. The van der Waals surface area contributed by atoms with E-state index in [0.717, 1.165) is 18.4 Å². The van der Waals surface area contributed by atoms with Gasteiger partial charge in [0.25, 0.3) is 0 Å². The first-order valence-electron chi connectivity index (χ1n) is 4.42. The molecule has 0 aromatic rings. The Labute approximate surface area is 72.7 Å². The maximum Gasteiger partial charge on any atom is 0.158 e. The van der Waals surface area contributed by atoms with Crippen molar-refractivity contribution in [3.8, 4) is 0 Å². The summed E-state index contributed by atoms with van der Waals surface area (Å²) in [6.45, 7) is 1.56. The molecule has 1 aliphatic rings. The van der Waals surface area contributed by atoms with Crippen molar-refractivity contribution in [3.05, 3.63) is 11.6 Å². The predicted molar refractivity (Wildman–Crippen MR) is 46.9 cm³/mol. The molecule has 0 spiro atoms. The molecule has 0 aliphatic heterocycles. The number of carbonyl (C=O) groups excluding carboxylic acids is 2. The van der Waals surface area contributed by atoms with Gasteiger partial charge < -0.3 is 4.79 Å². The van der Waals surface area contributed by atoms with Crippen LogP contribution in [0, 0.1) is 0 Å². The minimum absolute atomic E-state index is 0.161. The number of ketones is 2. The summed E-state index contributed by atoms with van der Waals surface area (Å²) < 4.78 is 0. The second kappa shape index (κ2) is 4.19. The zero-order valence-electron chi connectivity index (χ0n) is 7.43. The minimum atomic E-state index is 0.161. The molecular weight excluding hydrogens is 152 g/mol. The number of carbonyl (C=O) groups is 2. The van der Waals surface area contributed by atoms with Crippen LogP contribution in [0.3, 0.4) is 0 Å². The van der Waals surface area contributed by atoms with Crippen molar-refractivity contribution in [3.63, 3.8) is 0 Å². The number of Topliss-reactive ketones (excluding diaryl/α,β-unsaturated/α-hetero) is 2. The van der Waals surface area contributed by atoms with E-state index in [1.54, 1.807) is 6.92 Å². The highest BCUT2D eigenvalue weighted by molar-refractivity contribution is 5.96. The molecule has 0 radical (unpaired) electrons.